The summed E-state index contributed by atoms with van der Waals surface area (Å²) in [4.78, 5) is 20.4. The van der Waals surface area contributed by atoms with Crippen molar-refractivity contribution in [3.63, 3.8) is 0 Å². The van der Waals surface area contributed by atoms with Crippen molar-refractivity contribution in [1.82, 2.24) is 9.97 Å². The van der Waals surface area contributed by atoms with Gasteiger partial charge in [-0.05, 0) is 24.3 Å². The molecule has 2 aromatic carbocycles. The number of phenols is 1. The van der Waals surface area contributed by atoms with Crippen molar-refractivity contribution < 1.29 is 28.0 Å². The Hall–Kier alpha value is -2.98. The van der Waals surface area contributed by atoms with E-state index < -0.39 is 16.1 Å². The fraction of sp³-hybridized carbons (Fsp3) is 0.133. The summed E-state index contributed by atoms with van der Waals surface area (Å²) < 4.78 is 31.5. The van der Waals surface area contributed by atoms with Crippen molar-refractivity contribution in [2.24, 2.45) is 0 Å². The van der Waals surface area contributed by atoms with Crippen LogP contribution < -0.4 is 4.90 Å². The number of rotatable bonds is 4. The Morgan fingerprint density at radius 1 is 1.08 bits per heavy atom. The van der Waals surface area contributed by atoms with Gasteiger partial charge in [0.1, 0.15) is 12.3 Å². The summed E-state index contributed by atoms with van der Waals surface area (Å²) >= 11 is 0. The lowest BCUT2D eigenvalue weighted by atomic mass is 10.2. The average Bonchev–Trinajstić information content (AvgIpc) is 2.50. The number of aliphatic carboxylic acids is 1. The monoisotopic (exact) mass is 363 g/mol. The third kappa shape index (κ3) is 3.30. The summed E-state index contributed by atoms with van der Waals surface area (Å²) in [6, 6.07) is 6.60. The van der Waals surface area contributed by atoms with Gasteiger partial charge in [-0.2, -0.15) is 8.42 Å². The fourth-order valence-corrected chi connectivity index (χ4v) is 2.94. The van der Waals surface area contributed by atoms with Gasteiger partial charge in [0.15, 0.2) is 0 Å². The number of anilines is 1. The molecule has 0 saturated carbocycles. The SMILES string of the molecule is CN(CC(=O)O)c1cc2nc3ccc(S(=O)(=O)O)cc3nc2cc1O. The zero-order chi connectivity index (χ0) is 18.4. The second-order valence-electron chi connectivity index (χ2n) is 5.43. The molecule has 0 atom stereocenters. The Balaban J connectivity index is 2.18. The molecule has 3 rings (SSSR count). The topological polar surface area (TPSA) is 141 Å². The molecule has 1 heterocycles. The van der Waals surface area contributed by atoms with Crippen LogP contribution in [0.15, 0.2) is 35.2 Å². The van der Waals surface area contributed by atoms with Crippen LogP contribution in [0.25, 0.3) is 22.1 Å². The first-order valence-electron chi connectivity index (χ1n) is 7.00. The number of carboxylic acid groups (broad SMARTS) is 1. The first-order valence-corrected chi connectivity index (χ1v) is 8.44. The number of phenolic OH excluding ortho intramolecular Hbond substituents is 1. The molecule has 3 aromatic rings. The Kier molecular flexibility index (Phi) is 3.93. The van der Waals surface area contributed by atoms with Crippen LogP contribution in [0.1, 0.15) is 0 Å². The zero-order valence-corrected chi connectivity index (χ0v) is 13.7. The van der Waals surface area contributed by atoms with Gasteiger partial charge < -0.3 is 15.1 Å². The van der Waals surface area contributed by atoms with E-state index in [1.807, 2.05) is 0 Å². The van der Waals surface area contributed by atoms with Gasteiger partial charge in [-0.25, -0.2) is 9.97 Å². The van der Waals surface area contributed by atoms with Crippen molar-refractivity contribution in [1.29, 1.82) is 0 Å². The van der Waals surface area contributed by atoms with Gasteiger partial charge in [0, 0.05) is 13.1 Å². The zero-order valence-electron chi connectivity index (χ0n) is 12.9. The smallest absolute Gasteiger partial charge is 0.323 e. The number of carboxylic acids is 1. The maximum atomic E-state index is 11.2. The molecule has 3 N–H and O–H groups in total. The van der Waals surface area contributed by atoms with Crippen LogP contribution in [-0.4, -0.2) is 52.7 Å². The van der Waals surface area contributed by atoms with E-state index in [9.17, 15) is 18.3 Å². The number of benzene rings is 2. The molecule has 0 radical (unpaired) electrons. The van der Waals surface area contributed by atoms with E-state index in [-0.39, 0.29) is 28.4 Å². The molecular formula is C15H13N3O6S. The lowest BCUT2D eigenvalue weighted by molar-refractivity contribution is -0.135. The highest BCUT2D eigenvalue weighted by molar-refractivity contribution is 7.85. The van der Waals surface area contributed by atoms with Crippen molar-refractivity contribution in [3.8, 4) is 5.75 Å². The molecule has 0 unspecified atom stereocenters. The van der Waals surface area contributed by atoms with E-state index >= 15 is 0 Å². The normalized spacial score (nSPS) is 11.8. The number of aromatic nitrogens is 2. The molecule has 9 nitrogen and oxygen atoms in total. The largest absolute Gasteiger partial charge is 0.506 e. The number of fused-ring (bicyclic) bond motifs is 2. The van der Waals surface area contributed by atoms with Crippen LogP contribution >= 0.6 is 0 Å². The molecule has 0 aliphatic heterocycles. The van der Waals surface area contributed by atoms with Crippen LogP contribution in [-0.2, 0) is 14.9 Å². The van der Waals surface area contributed by atoms with Gasteiger partial charge in [-0.3, -0.25) is 9.35 Å². The summed E-state index contributed by atoms with van der Waals surface area (Å²) in [6.45, 7) is -0.308. The molecule has 130 valence electrons. The number of carbonyl (C=O) groups is 1. The molecule has 10 heteroatoms. The maximum Gasteiger partial charge on any atom is 0.323 e. The minimum Gasteiger partial charge on any atom is -0.506 e. The lowest BCUT2D eigenvalue weighted by Crippen LogP contribution is -2.25. The number of hydrogen-bond acceptors (Lipinski definition) is 7. The molecule has 25 heavy (non-hydrogen) atoms. The molecule has 0 spiro atoms. The predicted molar refractivity (Wildman–Crippen MR) is 89.4 cm³/mol. The molecule has 0 saturated heterocycles. The third-order valence-electron chi connectivity index (χ3n) is 3.58. The van der Waals surface area contributed by atoms with Gasteiger partial charge in [0.2, 0.25) is 0 Å². The first kappa shape index (κ1) is 16.9. The van der Waals surface area contributed by atoms with Crippen LogP contribution in [0.5, 0.6) is 5.75 Å². The second-order valence-corrected chi connectivity index (χ2v) is 6.85. The van der Waals surface area contributed by atoms with Crippen LogP contribution in [0.4, 0.5) is 5.69 Å². The molecule has 0 bridgehead atoms. The van der Waals surface area contributed by atoms with Gasteiger partial charge in [-0.1, -0.05) is 0 Å². The number of nitrogens with zero attached hydrogens (tertiary/aromatic N) is 3. The van der Waals surface area contributed by atoms with Crippen molar-refractivity contribution >= 4 is 43.8 Å². The highest BCUT2D eigenvalue weighted by Gasteiger charge is 2.15. The average molecular weight is 363 g/mol. The van der Waals surface area contributed by atoms with Crippen molar-refractivity contribution in [2.75, 3.05) is 18.5 Å². The Labute approximate surface area is 141 Å². The lowest BCUT2D eigenvalue weighted by Gasteiger charge is -2.18. The minimum atomic E-state index is -4.36. The maximum absolute atomic E-state index is 11.2. The van der Waals surface area contributed by atoms with E-state index in [0.29, 0.717) is 16.6 Å². The van der Waals surface area contributed by atoms with Crippen LogP contribution in [0.3, 0.4) is 0 Å². The van der Waals surface area contributed by atoms with Crippen LogP contribution in [0, 0.1) is 0 Å². The van der Waals surface area contributed by atoms with Crippen LogP contribution in [0.2, 0.25) is 0 Å². The molecule has 0 amide bonds. The Morgan fingerprint density at radius 2 is 1.68 bits per heavy atom. The molecule has 0 aliphatic carbocycles. The van der Waals surface area contributed by atoms with E-state index in [1.165, 1.54) is 42.3 Å². The molecule has 0 aliphatic rings. The van der Waals surface area contributed by atoms with Gasteiger partial charge in [0.25, 0.3) is 10.1 Å². The Bertz CT molecular complexity index is 1110. The van der Waals surface area contributed by atoms with Crippen molar-refractivity contribution in [2.45, 2.75) is 4.90 Å². The first-order chi connectivity index (χ1) is 11.6. The molecular weight excluding hydrogens is 350 g/mol. The quantitative estimate of drug-likeness (QED) is 0.461. The number of aromatic hydroxyl groups is 1. The summed E-state index contributed by atoms with van der Waals surface area (Å²) in [6.07, 6.45) is 0. The second kappa shape index (κ2) is 5.83. The number of hydrogen-bond donors (Lipinski definition) is 3. The summed E-state index contributed by atoms with van der Waals surface area (Å²) in [5.41, 5.74) is 1.59. The van der Waals surface area contributed by atoms with Gasteiger partial charge in [0.05, 0.1) is 32.6 Å². The minimum absolute atomic E-state index is 0.184. The van der Waals surface area contributed by atoms with E-state index in [4.69, 9.17) is 9.66 Å². The number of likely N-dealkylation sites (N-methyl/N-ethyl adjacent to an activating group) is 1. The molecule has 1 aromatic heterocycles. The van der Waals surface area contributed by atoms with E-state index in [0.717, 1.165) is 0 Å². The highest BCUT2D eigenvalue weighted by Crippen LogP contribution is 2.31. The highest BCUT2D eigenvalue weighted by atomic mass is 32.2. The van der Waals surface area contributed by atoms with E-state index in [2.05, 4.69) is 9.97 Å². The third-order valence-corrected chi connectivity index (χ3v) is 4.43. The standard InChI is InChI=1S/C15H13N3O6S/c1-18(7-15(20)21)13-5-11-12(6-14(13)19)17-10-4-8(25(22,23)24)2-3-9(10)16-11/h2-6,19H,7H2,1H3,(H,20,21)(H,22,23,24). The Morgan fingerprint density at radius 3 is 2.32 bits per heavy atom. The van der Waals surface area contributed by atoms with Gasteiger partial charge >= 0.3 is 5.97 Å². The predicted octanol–water partition coefficient (Wildman–Crippen LogP) is 1.26. The fourth-order valence-electron chi connectivity index (χ4n) is 2.44. The summed E-state index contributed by atoms with van der Waals surface area (Å²) in [7, 11) is -2.85. The summed E-state index contributed by atoms with van der Waals surface area (Å²) in [5.74, 6) is -1.24. The van der Waals surface area contributed by atoms with Gasteiger partial charge in [-0.15, -0.1) is 0 Å². The van der Waals surface area contributed by atoms with Crippen molar-refractivity contribution in [3.05, 3.63) is 30.3 Å². The summed E-state index contributed by atoms with van der Waals surface area (Å²) in [5, 5.41) is 19.0. The van der Waals surface area contributed by atoms with E-state index in [1.54, 1.807) is 0 Å². The molecule has 0 fully saturated rings.